The summed E-state index contributed by atoms with van der Waals surface area (Å²) in [6, 6.07) is 16.3. The molecule has 0 spiro atoms. The Balaban J connectivity index is 1.57. The molecule has 0 radical (unpaired) electrons. The Labute approximate surface area is 160 Å². The van der Waals surface area contributed by atoms with Crippen molar-refractivity contribution in [1.82, 2.24) is 4.98 Å². The third-order valence-electron chi connectivity index (χ3n) is 3.57. The molecule has 138 valence electrons. The Morgan fingerprint density at radius 3 is 2.56 bits per heavy atom. The summed E-state index contributed by atoms with van der Waals surface area (Å²) < 4.78 is 10.8. The molecule has 0 saturated carbocycles. The van der Waals surface area contributed by atoms with Crippen molar-refractivity contribution < 1.29 is 19.1 Å². The predicted octanol–water partition coefficient (Wildman–Crippen LogP) is 3.83. The van der Waals surface area contributed by atoms with Crippen molar-refractivity contribution in [2.45, 2.75) is 13.5 Å². The van der Waals surface area contributed by atoms with E-state index in [4.69, 9.17) is 9.47 Å². The number of ether oxygens (including phenoxy) is 2. The minimum Gasteiger partial charge on any atom is -0.489 e. The highest BCUT2D eigenvalue weighted by Gasteiger charge is 2.15. The van der Waals surface area contributed by atoms with Gasteiger partial charge in [0.2, 0.25) is 0 Å². The molecule has 27 heavy (non-hydrogen) atoms. The zero-order valence-electron chi connectivity index (χ0n) is 14.7. The zero-order chi connectivity index (χ0) is 19.1. The van der Waals surface area contributed by atoms with E-state index in [0.29, 0.717) is 22.0 Å². The number of anilines is 1. The van der Waals surface area contributed by atoms with Crippen molar-refractivity contribution >= 4 is 28.3 Å². The van der Waals surface area contributed by atoms with Crippen LogP contribution in [0.1, 0.15) is 21.6 Å². The number of aryl methyl sites for hydroxylation is 1. The molecule has 0 atom stereocenters. The van der Waals surface area contributed by atoms with E-state index in [0.717, 1.165) is 5.69 Å². The largest absolute Gasteiger partial charge is 0.489 e. The second-order valence-corrected chi connectivity index (χ2v) is 6.54. The Bertz CT molecular complexity index is 924. The molecule has 3 aromatic rings. The second-order valence-electron chi connectivity index (χ2n) is 5.68. The van der Waals surface area contributed by atoms with Gasteiger partial charge in [0.25, 0.3) is 5.91 Å². The van der Waals surface area contributed by atoms with Crippen LogP contribution in [-0.2, 0) is 16.1 Å². The Morgan fingerprint density at radius 2 is 1.81 bits per heavy atom. The number of carbonyl (C=O) groups is 2. The van der Waals surface area contributed by atoms with Gasteiger partial charge in [-0.2, -0.15) is 0 Å². The molecule has 0 saturated heterocycles. The van der Waals surface area contributed by atoms with E-state index in [1.165, 1.54) is 11.3 Å². The fourth-order valence-electron chi connectivity index (χ4n) is 2.30. The second kappa shape index (κ2) is 8.95. The molecule has 0 bridgehead atoms. The summed E-state index contributed by atoms with van der Waals surface area (Å²) in [4.78, 5) is 28.4. The fourth-order valence-corrected chi connectivity index (χ4v) is 3.00. The maximum Gasteiger partial charge on any atom is 0.339 e. The normalized spacial score (nSPS) is 10.3. The lowest BCUT2D eigenvalue weighted by Gasteiger charge is -2.11. The zero-order valence-corrected chi connectivity index (χ0v) is 15.5. The van der Waals surface area contributed by atoms with Crippen LogP contribution in [0.3, 0.4) is 0 Å². The monoisotopic (exact) mass is 382 g/mol. The molecule has 2 aromatic carbocycles. The van der Waals surface area contributed by atoms with Gasteiger partial charge < -0.3 is 9.47 Å². The summed E-state index contributed by atoms with van der Waals surface area (Å²) in [5, 5.41) is 4.90. The molecule has 1 aromatic heterocycles. The van der Waals surface area contributed by atoms with E-state index >= 15 is 0 Å². The molecular formula is C20H18N2O4S. The number of thiazole rings is 1. The first-order valence-electron chi connectivity index (χ1n) is 8.26. The Morgan fingerprint density at radius 1 is 1.07 bits per heavy atom. The first-order valence-corrected chi connectivity index (χ1v) is 9.14. The van der Waals surface area contributed by atoms with Crippen LogP contribution in [-0.4, -0.2) is 23.5 Å². The average Bonchev–Trinajstić information content (AvgIpc) is 3.10. The topological polar surface area (TPSA) is 77.5 Å². The Hall–Kier alpha value is -3.19. The molecule has 1 heterocycles. The number of rotatable bonds is 7. The van der Waals surface area contributed by atoms with Crippen molar-refractivity contribution in [3.8, 4) is 5.75 Å². The third kappa shape index (κ3) is 5.39. The molecule has 0 aliphatic carbocycles. The van der Waals surface area contributed by atoms with Crippen LogP contribution in [0, 0.1) is 6.92 Å². The fraction of sp³-hybridized carbons (Fsp3) is 0.150. The van der Waals surface area contributed by atoms with Gasteiger partial charge in [-0.05, 0) is 25.1 Å². The van der Waals surface area contributed by atoms with E-state index < -0.39 is 11.9 Å². The summed E-state index contributed by atoms with van der Waals surface area (Å²) in [5.41, 5.74) is 1.87. The van der Waals surface area contributed by atoms with Crippen LogP contribution in [0.15, 0.2) is 60.0 Å². The lowest BCUT2D eigenvalue weighted by atomic mass is 10.1. The van der Waals surface area contributed by atoms with Gasteiger partial charge in [0.15, 0.2) is 11.7 Å². The first kappa shape index (κ1) is 18.6. The van der Waals surface area contributed by atoms with Crippen LogP contribution in [0.2, 0.25) is 0 Å². The van der Waals surface area contributed by atoms with Crippen molar-refractivity contribution in [2.75, 3.05) is 11.9 Å². The number of amides is 1. The summed E-state index contributed by atoms with van der Waals surface area (Å²) in [6.07, 6.45) is 0. The van der Waals surface area contributed by atoms with E-state index in [1.807, 2.05) is 48.7 Å². The maximum absolute atomic E-state index is 12.4. The third-order valence-corrected chi connectivity index (χ3v) is 4.45. The summed E-state index contributed by atoms with van der Waals surface area (Å²) in [7, 11) is 0. The highest BCUT2D eigenvalue weighted by Crippen LogP contribution is 2.16. The van der Waals surface area contributed by atoms with E-state index in [2.05, 4.69) is 10.3 Å². The first-order chi connectivity index (χ1) is 13.1. The minimum atomic E-state index is -0.576. The van der Waals surface area contributed by atoms with E-state index in [-0.39, 0.29) is 13.2 Å². The van der Waals surface area contributed by atoms with E-state index in [1.54, 1.807) is 18.2 Å². The van der Waals surface area contributed by atoms with Crippen LogP contribution >= 0.6 is 11.3 Å². The quantitative estimate of drug-likeness (QED) is 0.629. The molecule has 0 unspecified atom stereocenters. The Kier molecular flexibility index (Phi) is 6.17. The van der Waals surface area contributed by atoms with Gasteiger partial charge in [0.05, 0.1) is 11.3 Å². The number of hydrogen-bond donors (Lipinski definition) is 1. The maximum atomic E-state index is 12.4. The lowest BCUT2D eigenvalue weighted by molar-refractivity contribution is -0.119. The molecule has 0 aliphatic heterocycles. The smallest absolute Gasteiger partial charge is 0.339 e. The van der Waals surface area contributed by atoms with E-state index in [9.17, 15) is 9.59 Å². The number of nitrogens with zero attached hydrogens (tertiary/aromatic N) is 1. The van der Waals surface area contributed by atoms with Gasteiger partial charge in [0, 0.05) is 10.9 Å². The SMILES string of the molecule is Cc1csc(NC(=O)COC(=O)c2ccccc2COc2ccccc2)n1. The molecule has 3 rings (SSSR count). The summed E-state index contributed by atoms with van der Waals surface area (Å²) >= 11 is 1.32. The number of esters is 1. The highest BCUT2D eigenvalue weighted by molar-refractivity contribution is 7.13. The number of carbonyl (C=O) groups excluding carboxylic acids is 2. The van der Waals surface area contributed by atoms with Crippen LogP contribution in [0.5, 0.6) is 5.75 Å². The highest BCUT2D eigenvalue weighted by atomic mass is 32.1. The molecule has 6 nitrogen and oxygen atoms in total. The molecule has 1 amide bonds. The molecule has 7 heteroatoms. The van der Waals surface area contributed by atoms with Crippen molar-refractivity contribution in [3.63, 3.8) is 0 Å². The van der Waals surface area contributed by atoms with Gasteiger partial charge in [-0.3, -0.25) is 10.1 Å². The van der Waals surface area contributed by atoms with Crippen LogP contribution in [0.25, 0.3) is 0 Å². The molecular weight excluding hydrogens is 364 g/mol. The summed E-state index contributed by atoms with van der Waals surface area (Å²) in [6.45, 7) is 1.67. The van der Waals surface area contributed by atoms with Gasteiger partial charge in [0.1, 0.15) is 12.4 Å². The molecule has 0 fully saturated rings. The number of benzene rings is 2. The van der Waals surface area contributed by atoms with Gasteiger partial charge >= 0.3 is 5.97 Å². The summed E-state index contributed by atoms with van der Waals surface area (Å²) in [5.74, 6) is -0.303. The van der Waals surface area contributed by atoms with Crippen LogP contribution in [0.4, 0.5) is 5.13 Å². The molecule has 0 aliphatic rings. The van der Waals surface area contributed by atoms with Crippen LogP contribution < -0.4 is 10.1 Å². The average molecular weight is 382 g/mol. The molecule has 1 N–H and O–H groups in total. The number of nitrogens with one attached hydrogen (secondary N) is 1. The minimum absolute atomic E-state index is 0.222. The van der Waals surface area contributed by atoms with Crippen molar-refractivity contribution in [1.29, 1.82) is 0 Å². The lowest BCUT2D eigenvalue weighted by Crippen LogP contribution is -2.21. The van der Waals surface area contributed by atoms with Gasteiger partial charge in [-0.1, -0.05) is 36.4 Å². The van der Waals surface area contributed by atoms with Gasteiger partial charge in [-0.25, -0.2) is 9.78 Å². The predicted molar refractivity (Wildman–Crippen MR) is 103 cm³/mol. The number of hydrogen-bond acceptors (Lipinski definition) is 6. The van der Waals surface area contributed by atoms with Gasteiger partial charge in [-0.15, -0.1) is 11.3 Å². The van der Waals surface area contributed by atoms with Crippen molar-refractivity contribution in [2.24, 2.45) is 0 Å². The number of para-hydroxylation sites is 1. The van der Waals surface area contributed by atoms with Crippen molar-refractivity contribution in [3.05, 3.63) is 76.8 Å². The number of aromatic nitrogens is 1. The standard InChI is InChI=1S/C20H18N2O4S/c1-14-13-27-20(21-14)22-18(23)12-26-19(24)17-10-6-5-7-15(17)11-25-16-8-3-2-4-9-16/h2-10,13H,11-12H2,1H3,(H,21,22,23).